The number of hydrogen-bond donors (Lipinski definition) is 0. The van der Waals surface area contributed by atoms with E-state index in [1.54, 1.807) is 0 Å². The van der Waals surface area contributed by atoms with Crippen LogP contribution >= 0.6 is 0 Å². The van der Waals surface area contributed by atoms with Crippen LogP contribution in [0.5, 0.6) is 0 Å². The molecule has 174 valence electrons. The molecule has 2 aromatic rings. The molecule has 2 unspecified atom stereocenters. The minimum absolute atomic E-state index is 0.0782. The van der Waals surface area contributed by atoms with Crippen molar-refractivity contribution in [3.63, 3.8) is 0 Å². The molecule has 1 amide bonds. The van der Waals surface area contributed by atoms with Gasteiger partial charge in [0.2, 0.25) is 5.91 Å². The minimum atomic E-state index is -0.741. The Morgan fingerprint density at radius 3 is 2.39 bits per heavy atom. The van der Waals surface area contributed by atoms with Crippen molar-refractivity contribution < 1.29 is 9.59 Å². The van der Waals surface area contributed by atoms with Gasteiger partial charge >= 0.3 is 0 Å². The van der Waals surface area contributed by atoms with E-state index in [1.807, 2.05) is 36.9 Å². The fraction of sp³-hybridized carbons (Fsp3) is 0.517. The van der Waals surface area contributed by atoms with Crippen LogP contribution in [0, 0.1) is 0 Å². The molecule has 0 radical (unpaired) electrons. The summed E-state index contributed by atoms with van der Waals surface area (Å²) in [5, 5.41) is 0. The number of Topliss-reactive ketones (excluding diaryl/α,β-unsaturated/α-hetero) is 1. The predicted molar refractivity (Wildman–Crippen MR) is 133 cm³/mol. The van der Waals surface area contributed by atoms with Gasteiger partial charge in [-0.25, -0.2) is 0 Å². The Hall–Kier alpha value is -2.46. The van der Waals surface area contributed by atoms with Gasteiger partial charge in [0, 0.05) is 43.2 Å². The fourth-order valence-electron chi connectivity index (χ4n) is 6.66. The summed E-state index contributed by atoms with van der Waals surface area (Å²) in [7, 11) is 0. The molecule has 0 spiro atoms. The number of anilines is 1. The number of hydrogen-bond acceptors (Lipinski definition) is 3. The zero-order valence-electron chi connectivity index (χ0n) is 20.3. The van der Waals surface area contributed by atoms with Gasteiger partial charge in [-0.1, -0.05) is 49.4 Å². The van der Waals surface area contributed by atoms with Crippen LogP contribution in [0.2, 0.25) is 0 Å². The summed E-state index contributed by atoms with van der Waals surface area (Å²) in [5.41, 5.74) is 4.36. The summed E-state index contributed by atoms with van der Waals surface area (Å²) in [6, 6.07) is 17.3. The molecule has 4 nitrogen and oxygen atoms in total. The van der Waals surface area contributed by atoms with Crippen molar-refractivity contribution in [1.82, 2.24) is 4.90 Å². The molecule has 2 aliphatic heterocycles. The number of benzene rings is 2. The first-order valence-corrected chi connectivity index (χ1v) is 12.7. The quantitative estimate of drug-likeness (QED) is 0.622. The summed E-state index contributed by atoms with van der Waals surface area (Å²) in [6.07, 6.45) is 6.31. The number of carbonyl (C=O) groups excluding carboxylic acids is 2. The highest BCUT2D eigenvalue weighted by molar-refractivity contribution is 6.10. The molecule has 2 atom stereocenters. The number of likely N-dealkylation sites (tertiary alicyclic amines) is 1. The first-order valence-electron chi connectivity index (χ1n) is 12.7. The van der Waals surface area contributed by atoms with E-state index in [1.165, 1.54) is 30.4 Å². The summed E-state index contributed by atoms with van der Waals surface area (Å²) in [6.45, 7) is 8.25. The number of carbonyl (C=O) groups is 2. The van der Waals surface area contributed by atoms with Gasteiger partial charge in [0.05, 0.1) is 5.41 Å². The average Bonchev–Trinajstić information content (AvgIpc) is 3.06. The van der Waals surface area contributed by atoms with Crippen molar-refractivity contribution in [2.45, 2.75) is 82.7 Å². The summed E-state index contributed by atoms with van der Waals surface area (Å²) < 4.78 is 0. The number of fused-ring (bicyclic) bond motifs is 2. The number of nitrogens with zero attached hydrogens (tertiary/aromatic N) is 2. The third-order valence-corrected chi connectivity index (χ3v) is 8.63. The maximum atomic E-state index is 13.8. The third kappa shape index (κ3) is 3.54. The third-order valence-electron chi connectivity index (χ3n) is 8.63. The topological polar surface area (TPSA) is 40.6 Å². The molecule has 0 bridgehead atoms. The van der Waals surface area contributed by atoms with E-state index in [4.69, 9.17) is 0 Å². The SMILES string of the molecule is CCC(=O)CC1(C)C(=O)N(C2CCN(C3(C)CCCc4ccccc43)CC2)c2ccccc21. The Balaban J connectivity index is 1.38. The highest BCUT2D eigenvalue weighted by Crippen LogP contribution is 2.47. The highest BCUT2D eigenvalue weighted by Gasteiger charge is 2.51. The Morgan fingerprint density at radius 2 is 1.67 bits per heavy atom. The van der Waals surface area contributed by atoms with Gasteiger partial charge < -0.3 is 4.90 Å². The molecular formula is C29H36N2O2. The second-order valence-electron chi connectivity index (χ2n) is 10.6. The predicted octanol–water partition coefficient (Wildman–Crippen LogP) is 5.38. The van der Waals surface area contributed by atoms with Crippen LogP contribution in [0.15, 0.2) is 48.5 Å². The van der Waals surface area contributed by atoms with E-state index in [0.717, 1.165) is 37.2 Å². The van der Waals surface area contributed by atoms with E-state index < -0.39 is 5.41 Å². The standard InChI is InChI=1S/C29H36N2O2/c1-4-23(32)20-28(2)25-13-7-8-14-26(25)31(27(28)33)22-15-18-30(19-16-22)29(3)17-9-11-21-10-5-6-12-24(21)29/h5-8,10,12-14,22H,4,9,11,15-20H2,1-3H3. The smallest absolute Gasteiger partial charge is 0.238 e. The zero-order valence-corrected chi connectivity index (χ0v) is 20.3. The minimum Gasteiger partial charge on any atom is -0.308 e. The largest absolute Gasteiger partial charge is 0.308 e. The second-order valence-corrected chi connectivity index (χ2v) is 10.6. The van der Waals surface area contributed by atoms with E-state index >= 15 is 0 Å². The summed E-state index contributed by atoms with van der Waals surface area (Å²) in [5.74, 6) is 0.263. The molecule has 1 saturated heterocycles. The lowest BCUT2D eigenvalue weighted by Gasteiger charge is -2.49. The van der Waals surface area contributed by atoms with Crippen LogP contribution in [0.4, 0.5) is 5.69 Å². The first kappa shape index (κ1) is 22.3. The van der Waals surface area contributed by atoms with E-state index in [-0.39, 0.29) is 23.3 Å². The fourth-order valence-corrected chi connectivity index (χ4v) is 6.66. The second kappa shape index (κ2) is 8.39. The van der Waals surface area contributed by atoms with Crippen molar-refractivity contribution in [2.24, 2.45) is 0 Å². The van der Waals surface area contributed by atoms with Crippen molar-refractivity contribution in [3.8, 4) is 0 Å². The first-order chi connectivity index (χ1) is 15.9. The number of aryl methyl sites for hydroxylation is 1. The Morgan fingerprint density at radius 1 is 1.00 bits per heavy atom. The molecule has 1 fully saturated rings. The zero-order chi connectivity index (χ0) is 23.2. The van der Waals surface area contributed by atoms with Gasteiger partial charge in [-0.05, 0) is 68.7 Å². The summed E-state index contributed by atoms with van der Waals surface area (Å²) >= 11 is 0. The molecular weight excluding hydrogens is 408 g/mol. The van der Waals surface area contributed by atoms with E-state index in [0.29, 0.717) is 12.8 Å². The van der Waals surface area contributed by atoms with Gasteiger partial charge in [0.1, 0.15) is 5.78 Å². The van der Waals surface area contributed by atoms with Crippen LogP contribution in [-0.2, 0) is 27.0 Å². The molecule has 5 rings (SSSR count). The molecule has 1 aliphatic carbocycles. The van der Waals surface area contributed by atoms with Crippen molar-refractivity contribution >= 4 is 17.4 Å². The van der Waals surface area contributed by atoms with E-state index in [2.05, 4.69) is 42.2 Å². The van der Waals surface area contributed by atoms with Gasteiger partial charge in [-0.3, -0.25) is 14.5 Å². The molecule has 0 N–H and O–H groups in total. The van der Waals surface area contributed by atoms with Crippen LogP contribution in [0.25, 0.3) is 0 Å². The molecule has 4 heteroatoms. The molecule has 0 aromatic heterocycles. The Kier molecular flexibility index (Phi) is 5.68. The lowest BCUT2D eigenvalue weighted by molar-refractivity contribution is -0.128. The van der Waals surface area contributed by atoms with Crippen molar-refractivity contribution in [1.29, 1.82) is 0 Å². The Bertz CT molecular complexity index is 1070. The number of ketones is 1. The maximum absolute atomic E-state index is 13.8. The van der Waals surface area contributed by atoms with Crippen LogP contribution in [0.1, 0.15) is 76.0 Å². The van der Waals surface area contributed by atoms with Crippen molar-refractivity contribution in [2.75, 3.05) is 18.0 Å². The van der Waals surface area contributed by atoms with Crippen LogP contribution in [-0.4, -0.2) is 35.7 Å². The van der Waals surface area contributed by atoms with E-state index in [9.17, 15) is 9.59 Å². The molecule has 0 saturated carbocycles. The van der Waals surface area contributed by atoms with Crippen LogP contribution < -0.4 is 4.90 Å². The average molecular weight is 445 g/mol. The van der Waals surface area contributed by atoms with Gasteiger partial charge in [-0.2, -0.15) is 0 Å². The normalized spacial score (nSPS) is 28.0. The number of rotatable bonds is 5. The monoisotopic (exact) mass is 444 g/mol. The molecule has 2 aromatic carbocycles. The van der Waals surface area contributed by atoms with Crippen LogP contribution in [0.3, 0.4) is 0 Å². The lowest BCUT2D eigenvalue weighted by Crippen LogP contribution is -2.54. The Labute approximate surface area is 198 Å². The maximum Gasteiger partial charge on any atom is 0.238 e. The van der Waals surface area contributed by atoms with Gasteiger partial charge in [-0.15, -0.1) is 0 Å². The molecule has 3 aliphatic rings. The molecule has 33 heavy (non-hydrogen) atoms. The van der Waals surface area contributed by atoms with Crippen molar-refractivity contribution in [3.05, 3.63) is 65.2 Å². The summed E-state index contributed by atoms with van der Waals surface area (Å²) in [4.78, 5) is 30.9. The lowest BCUT2D eigenvalue weighted by atomic mass is 9.75. The number of piperidine rings is 1. The van der Waals surface area contributed by atoms with Gasteiger partial charge in [0.25, 0.3) is 0 Å². The van der Waals surface area contributed by atoms with Gasteiger partial charge in [0.15, 0.2) is 0 Å². The highest BCUT2D eigenvalue weighted by atomic mass is 16.2. The number of amides is 1. The number of para-hydroxylation sites is 1. The molecule has 2 heterocycles.